The summed E-state index contributed by atoms with van der Waals surface area (Å²) in [4.78, 5) is 8.85. The second-order valence-electron chi connectivity index (χ2n) is 6.60. The minimum atomic E-state index is -0.749. The van der Waals surface area contributed by atoms with Crippen LogP contribution >= 0.6 is 11.3 Å². The molecule has 0 bridgehead atoms. The average Bonchev–Trinajstić information content (AvgIpc) is 3.38. The summed E-state index contributed by atoms with van der Waals surface area (Å²) in [5.41, 5.74) is 2.21. The lowest BCUT2D eigenvalue weighted by Gasteiger charge is -2.01. The third-order valence-corrected chi connectivity index (χ3v) is 5.31. The van der Waals surface area contributed by atoms with Crippen LogP contribution in [0.4, 0.5) is 14.5 Å². The van der Waals surface area contributed by atoms with Crippen molar-refractivity contribution in [1.82, 2.24) is 9.66 Å². The Morgan fingerprint density at radius 2 is 1.94 bits per heavy atom. The third-order valence-electron chi connectivity index (χ3n) is 4.50. The molecule has 3 heterocycles. The van der Waals surface area contributed by atoms with Crippen molar-refractivity contribution in [2.45, 2.75) is 0 Å². The molecule has 8 heteroatoms. The lowest BCUT2D eigenvalue weighted by atomic mass is 10.2. The van der Waals surface area contributed by atoms with Gasteiger partial charge in [0.1, 0.15) is 22.8 Å². The van der Waals surface area contributed by atoms with E-state index in [2.05, 4.69) is 15.1 Å². The van der Waals surface area contributed by atoms with E-state index in [1.54, 1.807) is 29.4 Å². The van der Waals surface area contributed by atoms with Crippen LogP contribution in [-0.2, 0) is 0 Å². The van der Waals surface area contributed by atoms with Crippen LogP contribution < -0.4 is 4.80 Å². The maximum Gasteiger partial charge on any atom is 0.211 e. The number of benzene rings is 2. The summed E-state index contributed by atoms with van der Waals surface area (Å²) < 4.78 is 35.0. The summed E-state index contributed by atoms with van der Waals surface area (Å²) in [6, 6.07) is 16.5. The van der Waals surface area contributed by atoms with Crippen molar-refractivity contribution < 1.29 is 13.2 Å². The molecule has 0 fully saturated rings. The SMILES string of the molecule is Fc1ccc(N=c2scc(-c3cc4ccccc4o3)n2N=Cc2cccnc2)c(F)c1. The quantitative estimate of drug-likeness (QED) is 0.340. The molecule has 152 valence electrons. The van der Waals surface area contributed by atoms with Crippen molar-refractivity contribution in [2.24, 2.45) is 10.1 Å². The fourth-order valence-electron chi connectivity index (χ4n) is 3.02. The Kier molecular flexibility index (Phi) is 4.97. The van der Waals surface area contributed by atoms with Gasteiger partial charge >= 0.3 is 0 Å². The largest absolute Gasteiger partial charge is 0.454 e. The van der Waals surface area contributed by atoms with Crippen molar-refractivity contribution in [3.8, 4) is 11.5 Å². The first-order valence-electron chi connectivity index (χ1n) is 9.31. The Labute approximate surface area is 179 Å². The molecule has 0 saturated heterocycles. The van der Waals surface area contributed by atoms with Crippen LogP contribution in [0, 0.1) is 11.6 Å². The van der Waals surface area contributed by atoms with E-state index in [0.717, 1.165) is 22.6 Å². The number of hydrogen-bond donors (Lipinski definition) is 0. The lowest BCUT2D eigenvalue weighted by molar-refractivity contribution is 0.584. The van der Waals surface area contributed by atoms with Crippen LogP contribution in [0.3, 0.4) is 0 Å². The summed E-state index contributed by atoms with van der Waals surface area (Å²) in [6.45, 7) is 0. The normalized spacial score (nSPS) is 12.3. The number of rotatable bonds is 4. The molecule has 0 unspecified atom stereocenters. The molecule has 5 nitrogen and oxygen atoms in total. The highest BCUT2D eigenvalue weighted by Crippen LogP contribution is 2.28. The van der Waals surface area contributed by atoms with Crippen LogP contribution in [0.1, 0.15) is 5.56 Å². The van der Waals surface area contributed by atoms with Crippen LogP contribution in [0.15, 0.2) is 92.9 Å². The predicted molar refractivity (Wildman–Crippen MR) is 116 cm³/mol. The van der Waals surface area contributed by atoms with E-state index >= 15 is 0 Å². The van der Waals surface area contributed by atoms with Gasteiger partial charge in [-0.1, -0.05) is 24.3 Å². The van der Waals surface area contributed by atoms with Crippen molar-refractivity contribution >= 4 is 34.2 Å². The van der Waals surface area contributed by atoms with Gasteiger partial charge < -0.3 is 4.42 Å². The van der Waals surface area contributed by atoms with E-state index < -0.39 is 11.6 Å². The maximum atomic E-state index is 14.2. The minimum Gasteiger partial charge on any atom is -0.454 e. The number of aromatic nitrogens is 2. The van der Waals surface area contributed by atoms with Gasteiger partial charge in [0.15, 0.2) is 11.6 Å². The minimum absolute atomic E-state index is 0.0183. The van der Waals surface area contributed by atoms with Crippen molar-refractivity contribution in [3.63, 3.8) is 0 Å². The van der Waals surface area contributed by atoms with Crippen molar-refractivity contribution in [1.29, 1.82) is 0 Å². The second kappa shape index (κ2) is 8.08. The van der Waals surface area contributed by atoms with Gasteiger partial charge in [-0.25, -0.2) is 18.4 Å². The van der Waals surface area contributed by atoms with Gasteiger partial charge in [0, 0.05) is 34.8 Å². The Morgan fingerprint density at radius 1 is 1.03 bits per heavy atom. The fourth-order valence-corrected chi connectivity index (χ4v) is 3.85. The molecule has 0 N–H and O–H groups in total. The molecule has 31 heavy (non-hydrogen) atoms. The van der Waals surface area contributed by atoms with Gasteiger partial charge in [-0.2, -0.15) is 5.10 Å². The molecule has 0 radical (unpaired) electrons. The first kappa shape index (κ1) is 19.1. The van der Waals surface area contributed by atoms with Gasteiger partial charge in [-0.05, 0) is 30.3 Å². The number of para-hydroxylation sites is 1. The molecule has 0 aliphatic carbocycles. The Bertz CT molecular complexity index is 1440. The highest BCUT2D eigenvalue weighted by atomic mass is 32.1. The Morgan fingerprint density at radius 3 is 2.74 bits per heavy atom. The molecule has 0 atom stereocenters. The van der Waals surface area contributed by atoms with Gasteiger partial charge in [-0.15, -0.1) is 11.3 Å². The zero-order valence-corrected chi connectivity index (χ0v) is 16.8. The topological polar surface area (TPSA) is 55.7 Å². The van der Waals surface area contributed by atoms with Gasteiger partial charge in [0.25, 0.3) is 0 Å². The molecular weight excluding hydrogens is 418 g/mol. The summed E-state index contributed by atoms with van der Waals surface area (Å²) >= 11 is 1.27. The summed E-state index contributed by atoms with van der Waals surface area (Å²) in [5, 5.41) is 7.32. The summed E-state index contributed by atoms with van der Waals surface area (Å²) in [6.07, 6.45) is 4.98. The highest BCUT2D eigenvalue weighted by Gasteiger charge is 2.13. The number of nitrogens with zero attached hydrogens (tertiary/aromatic N) is 4. The molecule has 3 aromatic heterocycles. The number of pyridine rings is 1. The molecule has 0 spiro atoms. The van der Waals surface area contributed by atoms with E-state index in [-0.39, 0.29) is 5.69 Å². The second-order valence-corrected chi connectivity index (χ2v) is 7.44. The molecule has 2 aromatic carbocycles. The highest BCUT2D eigenvalue weighted by molar-refractivity contribution is 7.07. The molecule has 0 aliphatic rings. The Hall–Kier alpha value is -3.91. The van der Waals surface area contributed by atoms with Crippen LogP contribution in [0.2, 0.25) is 0 Å². The average molecular weight is 432 g/mol. The molecule has 5 aromatic rings. The van der Waals surface area contributed by atoms with Crippen LogP contribution in [-0.4, -0.2) is 15.9 Å². The van der Waals surface area contributed by atoms with Gasteiger partial charge in [0.2, 0.25) is 4.80 Å². The predicted octanol–water partition coefficient (Wildman–Crippen LogP) is 5.75. The number of fused-ring (bicyclic) bond motifs is 1. The standard InChI is InChI=1S/C23H14F2N4OS/c24-17-7-8-19(18(25)11-17)28-23-29(27-13-15-4-3-9-26-12-15)20(14-31-23)22-10-16-5-1-2-6-21(16)30-22/h1-14H. The first-order valence-corrected chi connectivity index (χ1v) is 10.2. The smallest absolute Gasteiger partial charge is 0.211 e. The van der Waals surface area contributed by atoms with E-state index in [9.17, 15) is 8.78 Å². The molecule has 5 rings (SSSR count). The van der Waals surface area contributed by atoms with Crippen molar-refractivity contribution in [2.75, 3.05) is 0 Å². The van der Waals surface area contributed by atoms with Crippen molar-refractivity contribution in [3.05, 3.63) is 100 Å². The number of hydrogen-bond acceptors (Lipinski definition) is 5. The zero-order chi connectivity index (χ0) is 21.2. The van der Waals surface area contributed by atoms with Gasteiger partial charge in [-0.3, -0.25) is 4.98 Å². The van der Waals surface area contributed by atoms with Crippen LogP contribution in [0.5, 0.6) is 0 Å². The molecular formula is C23H14F2N4OS. The number of furan rings is 1. The lowest BCUT2D eigenvalue weighted by Crippen LogP contribution is -2.11. The van der Waals surface area contributed by atoms with E-state index in [1.807, 2.05) is 41.8 Å². The van der Waals surface area contributed by atoms with E-state index in [4.69, 9.17) is 4.42 Å². The van der Waals surface area contributed by atoms with Gasteiger partial charge in [0.05, 0.1) is 6.21 Å². The maximum absolute atomic E-state index is 14.2. The molecule has 0 amide bonds. The van der Waals surface area contributed by atoms with E-state index in [1.165, 1.54) is 23.5 Å². The monoisotopic (exact) mass is 432 g/mol. The summed E-state index contributed by atoms with van der Waals surface area (Å²) in [5.74, 6) is -0.809. The molecule has 0 aliphatic heterocycles. The zero-order valence-electron chi connectivity index (χ0n) is 15.9. The Balaban J connectivity index is 1.68. The first-order chi connectivity index (χ1) is 15.2. The number of halogens is 2. The molecule has 0 saturated carbocycles. The third kappa shape index (κ3) is 3.93. The van der Waals surface area contributed by atoms with Crippen LogP contribution in [0.25, 0.3) is 22.4 Å². The fraction of sp³-hybridized carbons (Fsp3) is 0. The number of thiazole rings is 1. The summed E-state index contributed by atoms with van der Waals surface area (Å²) in [7, 11) is 0. The van der Waals surface area contributed by atoms with E-state index in [0.29, 0.717) is 16.3 Å².